The topological polar surface area (TPSA) is 110 Å². The Hall–Kier alpha value is -2.00. The molecule has 0 bridgehead atoms. The van der Waals surface area contributed by atoms with Crippen LogP contribution in [0, 0.1) is 24.0 Å². The van der Waals surface area contributed by atoms with E-state index in [0.29, 0.717) is 30.5 Å². The Balaban J connectivity index is 2.00. The van der Waals surface area contributed by atoms with Crippen LogP contribution in [0.3, 0.4) is 0 Å². The fraction of sp³-hybridized carbons (Fsp3) is 0.588. The third-order valence-corrected chi connectivity index (χ3v) is 6.26. The van der Waals surface area contributed by atoms with E-state index in [-0.39, 0.29) is 23.0 Å². The van der Waals surface area contributed by atoms with Gasteiger partial charge in [0.15, 0.2) is 0 Å². The van der Waals surface area contributed by atoms with Gasteiger partial charge in [-0.2, -0.15) is 0 Å². The second-order valence-corrected chi connectivity index (χ2v) is 8.32. The highest BCUT2D eigenvalue weighted by molar-refractivity contribution is 7.89. The summed E-state index contributed by atoms with van der Waals surface area (Å²) in [5.74, 6) is 0.121. The summed E-state index contributed by atoms with van der Waals surface area (Å²) in [5.41, 5.74) is 0.796. The van der Waals surface area contributed by atoms with Crippen LogP contribution in [-0.2, 0) is 14.8 Å². The van der Waals surface area contributed by atoms with E-state index in [1.807, 2.05) is 0 Å². The first-order valence-corrected chi connectivity index (χ1v) is 10.2. The lowest BCUT2D eigenvalue weighted by atomic mass is 10.1. The molecule has 0 saturated carbocycles. The van der Waals surface area contributed by atoms with Crippen LogP contribution >= 0.6 is 0 Å². The lowest BCUT2D eigenvalue weighted by molar-refractivity contribution is -0.385. The number of nitrogens with one attached hydrogen (secondary N) is 1. The summed E-state index contributed by atoms with van der Waals surface area (Å²) in [5, 5.41) is 11.0. The quantitative estimate of drug-likeness (QED) is 0.441. The minimum Gasteiger partial charge on any atom is -0.343 e. The van der Waals surface area contributed by atoms with Gasteiger partial charge in [0.1, 0.15) is 0 Å². The van der Waals surface area contributed by atoms with Crippen LogP contribution in [-0.4, -0.2) is 43.8 Å². The van der Waals surface area contributed by atoms with E-state index < -0.39 is 14.9 Å². The fourth-order valence-corrected chi connectivity index (χ4v) is 4.43. The maximum Gasteiger partial charge on any atom is 0.271 e. The number of carbonyl (C=O) groups excluding carboxylic acids is 1. The number of amides is 1. The molecular weight excluding hydrogens is 358 g/mol. The molecule has 1 fully saturated rings. The van der Waals surface area contributed by atoms with Crippen molar-refractivity contribution in [3.8, 4) is 0 Å². The van der Waals surface area contributed by atoms with E-state index in [4.69, 9.17) is 0 Å². The molecule has 1 amide bonds. The predicted octanol–water partition coefficient (Wildman–Crippen LogP) is 2.28. The largest absolute Gasteiger partial charge is 0.343 e. The number of nitro benzene ring substituents is 1. The molecule has 1 aliphatic heterocycles. The molecule has 144 valence electrons. The minimum atomic E-state index is -3.85. The summed E-state index contributed by atoms with van der Waals surface area (Å²) in [6.07, 6.45) is 3.98. The molecule has 0 unspecified atom stereocenters. The number of carbonyl (C=O) groups is 1. The standard InChI is InChI=1S/C17H25N3O5S/c1-13-11-15(20(22)23)12-16(14(13)2)26(24,25)18-8-6-10-19-9-5-3-4-7-17(19)21/h11-12,18H,3-10H2,1-2H3. The molecule has 1 aliphatic rings. The van der Waals surface area contributed by atoms with Crippen LogP contribution in [0.2, 0.25) is 0 Å². The second kappa shape index (κ2) is 8.59. The third-order valence-electron chi connectivity index (χ3n) is 4.67. The minimum absolute atomic E-state index is 0.0740. The number of nitro groups is 1. The van der Waals surface area contributed by atoms with Crippen molar-refractivity contribution in [2.45, 2.75) is 50.8 Å². The van der Waals surface area contributed by atoms with Gasteiger partial charge in [-0.1, -0.05) is 6.42 Å². The summed E-state index contributed by atoms with van der Waals surface area (Å²) in [4.78, 5) is 24.0. The SMILES string of the molecule is Cc1cc([N+](=O)[O-])cc(S(=O)(=O)NCCCN2CCCCCC2=O)c1C. The van der Waals surface area contributed by atoms with E-state index in [0.717, 1.165) is 31.9 Å². The zero-order valence-corrected chi connectivity index (χ0v) is 16.0. The van der Waals surface area contributed by atoms with E-state index in [1.165, 1.54) is 6.07 Å². The first-order valence-electron chi connectivity index (χ1n) is 8.75. The van der Waals surface area contributed by atoms with Crippen molar-refractivity contribution in [3.63, 3.8) is 0 Å². The zero-order valence-electron chi connectivity index (χ0n) is 15.2. The first-order chi connectivity index (χ1) is 12.2. The monoisotopic (exact) mass is 383 g/mol. The number of non-ortho nitro benzene ring substituents is 1. The number of hydrogen-bond donors (Lipinski definition) is 1. The number of likely N-dealkylation sites (tertiary alicyclic amines) is 1. The summed E-state index contributed by atoms with van der Waals surface area (Å²) >= 11 is 0. The van der Waals surface area contributed by atoms with Crippen molar-refractivity contribution in [3.05, 3.63) is 33.4 Å². The highest BCUT2D eigenvalue weighted by Crippen LogP contribution is 2.25. The van der Waals surface area contributed by atoms with Crippen molar-refractivity contribution in [2.75, 3.05) is 19.6 Å². The maximum absolute atomic E-state index is 12.5. The van der Waals surface area contributed by atoms with Gasteiger partial charge in [-0.05, 0) is 44.2 Å². The lowest BCUT2D eigenvalue weighted by Crippen LogP contribution is -2.34. The van der Waals surface area contributed by atoms with Crippen LogP contribution < -0.4 is 4.72 Å². The molecule has 0 atom stereocenters. The Labute approximate surface area is 153 Å². The van der Waals surface area contributed by atoms with E-state index in [1.54, 1.807) is 18.7 Å². The Bertz CT molecular complexity index is 792. The number of rotatable bonds is 7. The van der Waals surface area contributed by atoms with Crippen LogP contribution in [0.15, 0.2) is 17.0 Å². The highest BCUT2D eigenvalue weighted by atomic mass is 32.2. The van der Waals surface area contributed by atoms with Gasteiger partial charge in [-0.3, -0.25) is 14.9 Å². The summed E-state index contributed by atoms with van der Waals surface area (Å²) in [6.45, 7) is 4.67. The van der Waals surface area contributed by atoms with Gasteiger partial charge in [0.25, 0.3) is 5.69 Å². The van der Waals surface area contributed by atoms with Gasteiger partial charge >= 0.3 is 0 Å². The summed E-state index contributed by atoms with van der Waals surface area (Å²) in [6, 6.07) is 2.45. The lowest BCUT2D eigenvalue weighted by Gasteiger charge is -2.20. The predicted molar refractivity (Wildman–Crippen MR) is 97.4 cm³/mol. The second-order valence-electron chi connectivity index (χ2n) is 6.59. The van der Waals surface area contributed by atoms with Crippen molar-refractivity contribution in [1.82, 2.24) is 9.62 Å². The molecule has 8 nitrogen and oxygen atoms in total. The van der Waals surface area contributed by atoms with Crippen molar-refractivity contribution in [2.24, 2.45) is 0 Å². The number of nitrogens with zero attached hydrogens (tertiary/aromatic N) is 2. The highest BCUT2D eigenvalue weighted by Gasteiger charge is 2.22. The van der Waals surface area contributed by atoms with Gasteiger partial charge in [-0.25, -0.2) is 13.1 Å². The van der Waals surface area contributed by atoms with Crippen molar-refractivity contribution >= 4 is 21.6 Å². The molecule has 26 heavy (non-hydrogen) atoms. The van der Waals surface area contributed by atoms with Crippen LogP contribution in [0.4, 0.5) is 5.69 Å². The third kappa shape index (κ3) is 5.01. The molecule has 1 aromatic carbocycles. The summed E-state index contributed by atoms with van der Waals surface area (Å²) < 4.78 is 27.6. The molecule has 2 rings (SSSR count). The molecule has 0 spiro atoms. The van der Waals surface area contributed by atoms with Gasteiger partial charge in [0.2, 0.25) is 15.9 Å². The summed E-state index contributed by atoms with van der Waals surface area (Å²) in [7, 11) is -3.85. The molecule has 9 heteroatoms. The first kappa shape index (κ1) is 20.3. The molecular formula is C17H25N3O5S. The number of benzene rings is 1. The Morgan fingerprint density at radius 2 is 1.96 bits per heavy atom. The van der Waals surface area contributed by atoms with E-state index >= 15 is 0 Å². The number of hydrogen-bond acceptors (Lipinski definition) is 5. The molecule has 1 heterocycles. The molecule has 0 aromatic heterocycles. The Kier molecular flexibility index (Phi) is 6.71. The van der Waals surface area contributed by atoms with Gasteiger partial charge < -0.3 is 4.90 Å². The maximum atomic E-state index is 12.5. The Morgan fingerprint density at radius 3 is 2.65 bits per heavy atom. The molecule has 1 N–H and O–H groups in total. The van der Waals surface area contributed by atoms with Gasteiger partial charge in [-0.15, -0.1) is 0 Å². The van der Waals surface area contributed by atoms with E-state index in [9.17, 15) is 23.3 Å². The smallest absolute Gasteiger partial charge is 0.271 e. The van der Waals surface area contributed by atoms with Gasteiger partial charge in [0.05, 0.1) is 9.82 Å². The van der Waals surface area contributed by atoms with Crippen molar-refractivity contribution in [1.29, 1.82) is 0 Å². The van der Waals surface area contributed by atoms with Crippen LogP contribution in [0.5, 0.6) is 0 Å². The molecule has 0 aliphatic carbocycles. The average molecular weight is 383 g/mol. The molecule has 1 saturated heterocycles. The molecule has 0 radical (unpaired) electrons. The normalized spacial score (nSPS) is 15.8. The van der Waals surface area contributed by atoms with Crippen LogP contribution in [0.1, 0.15) is 43.2 Å². The zero-order chi connectivity index (χ0) is 19.3. The number of aryl methyl sites for hydroxylation is 1. The Morgan fingerprint density at radius 1 is 1.23 bits per heavy atom. The van der Waals surface area contributed by atoms with Gasteiger partial charge in [0, 0.05) is 38.2 Å². The molecule has 1 aromatic rings. The van der Waals surface area contributed by atoms with Crippen molar-refractivity contribution < 1.29 is 18.1 Å². The number of sulfonamides is 1. The average Bonchev–Trinajstić information content (AvgIpc) is 2.78. The fourth-order valence-electron chi connectivity index (χ4n) is 3.02. The van der Waals surface area contributed by atoms with Crippen LogP contribution in [0.25, 0.3) is 0 Å². The van der Waals surface area contributed by atoms with E-state index in [2.05, 4.69) is 4.72 Å².